The van der Waals surface area contributed by atoms with Crippen molar-refractivity contribution in [3.8, 4) is 0 Å². The lowest BCUT2D eigenvalue weighted by atomic mass is 10.1. The number of amides is 1. The van der Waals surface area contributed by atoms with Crippen LogP contribution in [0.15, 0.2) is 36.9 Å². The minimum atomic E-state index is 0.152. The average Bonchev–Trinajstić information content (AvgIpc) is 3.07. The zero-order valence-electron chi connectivity index (χ0n) is 13.4. The van der Waals surface area contributed by atoms with Crippen LogP contribution in [-0.4, -0.2) is 38.2 Å². The van der Waals surface area contributed by atoms with Gasteiger partial charge in [-0.25, -0.2) is 0 Å². The van der Waals surface area contributed by atoms with Crippen molar-refractivity contribution in [2.24, 2.45) is 5.92 Å². The molecule has 5 heteroatoms. The molecule has 1 amide bonds. The summed E-state index contributed by atoms with van der Waals surface area (Å²) in [6.07, 6.45) is 10.7. The van der Waals surface area contributed by atoms with Gasteiger partial charge in [-0.15, -0.1) is 0 Å². The van der Waals surface area contributed by atoms with E-state index in [9.17, 15) is 4.79 Å². The molecule has 0 N–H and O–H groups in total. The predicted octanol–water partition coefficient (Wildman–Crippen LogP) is 2.38. The molecule has 120 valence electrons. The number of carbonyl (C=O) groups is 1. The quantitative estimate of drug-likeness (QED) is 0.871. The van der Waals surface area contributed by atoms with E-state index in [1.165, 1.54) is 11.1 Å². The number of pyridine rings is 1. The molecule has 1 saturated heterocycles. The number of nitrogens with zero attached hydrogens (tertiary/aromatic N) is 4. The van der Waals surface area contributed by atoms with E-state index in [4.69, 9.17) is 0 Å². The van der Waals surface area contributed by atoms with Crippen molar-refractivity contribution in [1.82, 2.24) is 19.7 Å². The number of hydrogen-bond donors (Lipinski definition) is 0. The molecular formula is C18H22N4O. The first-order valence-corrected chi connectivity index (χ1v) is 8.42. The number of rotatable bonds is 4. The summed E-state index contributed by atoms with van der Waals surface area (Å²) in [6, 6.07) is 4.32. The van der Waals surface area contributed by atoms with Crippen LogP contribution in [0.3, 0.4) is 0 Å². The van der Waals surface area contributed by atoms with E-state index in [1.807, 2.05) is 30.1 Å². The first-order chi connectivity index (χ1) is 11.2. The summed E-state index contributed by atoms with van der Waals surface area (Å²) in [7, 11) is 0. The Balaban J connectivity index is 1.42. The fourth-order valence-corrected chi connectivity index (χ4v) is 3.74. The number of likely N-dealkylation sites (tertiary alicyclic amines) is 1. The second-order valence-corrected chi connectivity index (χ2v) is 6.80. The smallest absolute Gasteiger partial charge is 0.226 e. The van der Waals surface area contributed by atoms with Gasteiger partial charge in [-0.2, -0.15) is 5.10 Å². The summed E-state index contributed by atoms with van der Waals surface area (Å²) >= 11 is 0. The minimum Gasteiger partial charge on any atom is -0.338 e. The highest BCUT2D eigenvalue weighted by Gasteiger charge is 2.47. The standard InChI is InChI=1S/C18H22N4O/c1-13-9-20-21(11-13)12-15-5-3-7-22(15)18(23)17-8-16(17)14-4-2-6-19-10-14/h2,4,6,9-11,15-17H,3,5,7-8,12H2,1H3/t15-,16-,17+/m0/s1. The molecular weight excluding hydrogens is 288 g/mol. The molecule has 0 aromatic carbocycles. The molecule has 2 fully saturated rings. The van der Waals surface area contributed by atoms with Gasteiger partial charge in [0.05, 0.1) is 18.8 Å². The average molecular weight is 310 g/mol. The predicted molar refractivity (Wildman–Crippen MR) is 86.8 cm³/mol. The van der Waals surface area contributed by atoms with Crippen LogP contribution in [0.5, 0.6) is 0 Å². The lowest BCUT2D eigenvalue weighted by Crippen LogP contribution is -2.39. The largest absolute Gasteiger partial charge is 0.338 e. The second kappa shape index (κ2) is 5.80. The summed E-state index contributed by atoms with van der Waals surface area (Å²) in [5.41, 5.74) is 2.36. The van der Waals surface area contributed by atoms with E-state index in [2.05, 4.69) is 27.2 Å². The van der Waals surface area contributed by atoms with Crippen molar-refractivity contribution in [3.05, 3.63) is 48.0 Å². The molecule has 3 atom stereocenters. The van der Waals surface area contributed by atoms with Gasteiger partial charge in [-0.3, -0.25) is 14.5 Å². The van der Waals surface area contributed by atoms with Crippen molar-refractivity contribution in [1.29, 1.82) is 0 Å². The van der Waals surface area contributed by atoms with Crippen molar-refractivity contribution < 1.29 is 4.79 Å². The van der Waals surface area contributed by atoms with Crippen LogP contribution in [0.1, 0.15) is 36.3 Å². The highest BCUT2D eigenvalue weighted by Crippen LogP contribution is 2.48. The Bertz CT molecular complexity index is 696. The molecule has 3 heterocycles. The van der Waals surface area contributed by atoms with Gasteiger partial charge in [0.2, 0.25) is 5.91 Å². The van der Waals surface area contributed by atoms with E-state index in [1.54, 1.807) is 6.20 Å². The fraction of sp³-hybridized carbons (Fsp3) is 0.500. The van der Waals surface area contributed by atoms with Crippen LogP contribution < -0.4 is 0 Å². The third-order valence-electron chi connectivity index (χ3n) is 5.04. The zero-order chi connectivity index (χ0) is 15.8. The second-order valence-electron chi connectivity index (χ2n) is 6.80. The van der Waals surface area contributed by atoms with Crippen LogP contribution in [0.25, 0.3) is 0 Å². The van der Waals surface area contributed by atoms with Gasteiger partial charge in [-0.05, 0) is 49.3 Å². The van der Waals surface area contributed by atoms with E-state index >= 15 is 0 Å². The van der Waals surface area contributed by atoms with Crippen LogP contribution in [0.2, 0.25) is 0 Å². The molecule has 2 aromatic rings. The summed E-state index contributed by atoms with van der Waals surface area (Å²) in [6.45, 7) is 3.74. The molecule has 2 aromatic heterocycles. The van der Waals surface area contributed by atoms with Crippen molar-refractivity contribution in [2.75, 3.05) is 6.54 Å². The lowest BCUT2D eigenvalue weighted by molar-refractivity contribution is -0.133. The molecule has 2 aliphatic rings. The van der Waals surface area contributed by atoms with Gasteiger partial charge in [0.15, 0.2) is 0 Å². The third kappa shape index (κ3) is 2.87. The van der Waals surface area contributed by atoms with Crippen molar-refractivity contribution in [3.63, 3.8) is 0 Å². The maximum absolute atomic E-state index is 12.9. The third-order valence-corrected chi connectivity index (χ3v) is 5.04. The Kier molecular flexibility index (Phi) is 3.63. The van der Waals surface area contributed by atoms with Crippen LogP contribution in [-0.2, 0) is 11.3 Å². The molecule has 1 aliphatic carbocycles. The first kappa shape index (κ1) is 14.4. The number of carbonyl (C=O) groups excluding carboxylic acids is 1. The molecule has 4 rings (SSSR count). The molecule has 0 unspecified atom stereocenters. The molecule has 1 saturated carbocycles. The summed E-state index contributed by atoms with van der Waals surface area (Å²) in [4.78, 5) is 19.1. The number of aromatic nitrogens is 3. The molecule has 1 aliphatic heterocycles. The van der Waals surface area contributed by atoms with Gasteiger partial charge >= 0.3 is 0 Å². The van der Waals surface area contributed by atoms with Gasteiger partial charge in [-0.1, -0.05) is 6.07 Å². The van der Waals surface area contributed by atoms with Gasteiger partial charge < -0.3 is 4.90 Å². The van der Waals surface area contributed by atoms with Gasteiger partial charge in [0, 0.05) is 31.1 Å². The number of aryl methyl sites for hydroxylation is 1. The molecule has 5 nitrogen and oxygen atoms in total. The first-order valence-electron chi connectivity index (χ1n) is 8.42. The fourth-order valence-electron chi connectivity index (χ4n) is 3.74. The zero-order valence-corrected chi connectivity index (χ0v) is 13.4. The van der Waals surface area contributed by atoms with Crippen molar-refractivity contribution >= 4 is 5.91 Å². The normalized spacial score (nSPS) is 26.5. The summed E-state index contributed by atoms with van der Waals surface area (Å²) < 4.78 is 1.97. The Morgan fingerprint density at radius 2 is 2.30 bits per heavy atom. The number of hydrogen-bond acceptors (Lipinski definition) is 3. The van der Waals surface area contributed by atoms with E-state index in [0.29, 0.717) is 11.8 Å². The Labute approximate surface area is 136 Å². The molecule has 23 heavy (non-hydrogen) atoms. The minimum absolute atomic E-state index is 0.152. The molecule has 0 radical (unpaired) electrons. The van der Waals surface area contributed by atoms with Crippen LogP contribution in [0, 0.1) is 12.8 Å². The maximum atomic E-state index is 12.9. The summed E-state index contributed by atoms with van der Waals surface area (Å²) in [5.74, 6) is 0.841. The highest BCUT2D eigenvalue weighted by atomic mass is 16.2. The SMILES string of the molecule is Cc1cnn(C[C@@H]2CCCN2C(=O)[C@@H]2C[C@H]2c2cccnc2)c1. The van der Waals surface area contributed by atoms with E-state index in [-0.39, 0.29) is 12.0 Å². The van der Waals surface area contributed by atoms with E-state index < -0.39 is 0 Å². The lowest BCUT2D eigenvalue weighted by Gasteiger charge is -2.25. The summed E-state index contributed by atoms with van der Waals surface area (Å²) in [5, 5.41) is 4.37. The van der Waals surface area contributed by atoms with Gasteiger partial charge in [0.1, 0.15) is 0 Å². The maximum Gasteiger partial charge on any atom is 0.226 e. The van der Waals surface area contributed by atoms with Crippen molar-refractivity contribution in [2.45, 2.75) is 44.7 Å². The van der Waals surface area contributed by atoms with E-state index in [0.717, 1.165) is 32.4 Å². The Morgan fingerprint density at radius 3 is 3.04 bits per heavy atom. The molecule has 0 bridgehead atoms. The monoisotopic (exact) mass is 310 g/mol. The van der Waals surface area contributed by atoms with Crippen LogP contribution >= 0.6 is 0 Å². The Hall–Kier alpha value is -2.17. The van der Waals surface area contributed by atoms with Crippen LogP contribution in [0.4, 0.5) is 0 Å². The molecule has 0 spiro atoms. The Morgan fingerprint density at radius 1 is 1.39 bits per heavy atom. The van der Waals surface area contributed by atoms with Gasteiger partial charge in [0.25, 0.3) is 0 Å². The highest BCUT2D eigenvalue weighted by molar-refractivity contribution is 5.83. The topological polar surface area (TPSA) is 51.0 Å².